The fourth-order valence-corrected chi connectivity index (χ4v) is 2.04. The summed E-state index contributed by atoms with van der Waals surface area (Å²) in [6.07, 6.45) is 1.58. The van der Waals surface area contributed by atoms with Crippen molar-refractivity contribution in [2.75, 3.05) is 7.11 Å². The SMILES string of the molecule is COC(=O)c1ccc(-c2cc(Cl)cc(Cl)c2)cn1. The zero-order valence-electron chi connectivity index (χ0n) is 9.48. The van der Waals surface area contributed by atoms with Crippen molar-refractivity contribution in [1.82, 2.24) is 4.98 Å². The van der Waals surface area contributed by atoms with Crippen LogP contribution in [0.1, 0.15) is 10.5 Å². The van der Waals surface area contributed by atoms with Crippen LogP contribution in [0.5, 0.6) is 0 Å². The number of rotatable bonds is 2. The molecule has 2 aromatic rings. The van der Waals surface area contributed by atoms with E-state index in [4.69, 9.17) is 23.2 Å². The van der Waals surface area contributed by atoms with Crippen LogP contribution in [0.15, 0.2) is 36.5 Å². The van der Waals surface area contributed by atoms with Crippen LogP contribution in [0.4, 0.5) is 0 Å². The van der Waals surface area contributed by atoms with Crippen LogP contribution in [-0.2, 0) is 4.74 Å². The molecule has 0 fully saturated rings. The van der Waals surface area contributed by atoms with Gasteiger partial charge in [-0.05, 0) is 29.8 Å². The molecule has 0 saturated heterocycles. The van der Waals surface area contributed by atoms with E-state index in [9.17, 15) is 4.79 Å². The highest BCUT2D eigenvalue weighted by Gasteiger charge is 2.07. The molecule has 0 aliphatic carbocycles. The largest absolute Gasteiger partial charge is 0.464 e. The minimum atomic E-state index is -0.467. The van der Waals surface area contributed by atoms with E-state index in [2.05, 4.69) is 9.72 Å². The van der Waals surface area contributed by atoms with Gasteiger partial charge in [-0.25, -0.2) is 9.78 Å². The number of aromatic nitrogens is 1. The van der Waals surface area contributed by atoms with Crippen molar-refractivity contribution in [3.63, 3.8) is 0 Å². The second-order valence-corrected chi connectivity index (χ2v) is 4.45. The summed E-state index contributed by atoms with van der Waals surface area (Å²) < 4.78 is 4.58. The molecule has 1 aromatic heterocycles. The van der Waals surface area contributed by atoms with Gasteiger partial charge in [0.05, 0.1) is 7.11 Å². The molecule has 0 unspecified atom stereocenters. The molecular formula is C13H9Cl2NO2. The normalized spacial score (nSPS) is 10.2. The molecule has 0 saturated carbocycles. The molecule has 18 heavy (non-hydrogen) atoms. The number of pyridine rings is 1. The summed E-state index contributed by atoms with van der Waals surface area (Å²) in [6.45, 7) is 0. The summed E-state index contributed by atoms with van der Waals surface area (Å²) >= 11 is 11.9. The van der Waals surface area contributed by atoms with Crippen LogP contribution >= 0.6 is 23.2 Å². The summed E-state index contributed by atoms with van der Waals surface area (Å²) in [5.74, 6) is -0.467. The molecular weight excluding hydrogens is 273 g/mol. The van der Waals surface area contributed by atoms with Gasteiger partial charge in [-0.3, -0.25) is 0 Å². The standard InChI is InChI=1S/C13H9Cl2NO2/c1-18-13(17)12-3-2-8(7-16-12)9-4-10(14)6-11(15)5-9/h2-7H,1H3. The molecule has 1 aromatic carbocycles. The number of hydrogen-bond acceptors (Lipinski definition) is 3. The van der Waals surface area contributed by atoms with Gasteiger partial charge in [0.1, 0.15) is 5.69 Å². The van der Waals surface area contributed by atoms with Gasteiger partial charge in [0, 0.05) is 21.8 Å². The Bertz CT molecular complexity index is 562. The van der Waals surface area contributed by atoms with E-state index >= 15 is 0 Å². The Morgan fingerprint density at radius 2 is 1.78 bits per heavy atom. The lowest BCUT2D eigenvalue weighted by Crippen LogP contribution is -2.03. The maximum absolute atomic E-state index is 11.2. The Labute approximate surface area is 114 Å². The number of carbonyl (C=O) groups excluding carboxylic acids is 1. The van der Waals surface area contributed by atoms with Crippen molar-refractivity contribution in [1.29, 1.82) is 0 Å². The first-order chi connectivity index (χ1) is 8.60. The molecule has 0 spiro atoms. The molecule has 92 valence electrons. The van der Waals surface area contributed by atoms with Gasteiger partial charge < -0.3 is 4.74 Å². The Kier molecular flexibility index (Phi) is 3.84. The first-order valence-corrected chi connectivity index (χ1v) is 5.86. The predicted octanol–water partition coefficient (Wildman–Crippen LogP) is 3.84. The number of hydrogen-bond donors (Lipinski definition) is 0. The molecule has 0 atom stereocenters. The van der Waals surface area contributed by atoms with Crippen molar-refractivity contribution >= 4 is 29.2 Å². The number of esters is 1. The van der Waals surface area contributed by atoms with Gasteiger partial charge in [0.25, 0.3) is 0 Å². The Balaban J connectivity index is 2.37. The molecule has 0 bridgehead atoms. The second-order valence-electron chi connectivity index (χ2n) is 3.58. The third kappa shape index (κ3) is 2.81. The topological polar surface area (TPSA) is 39.2 Å². The molecule has 1 heterocycles. The molecule has 3 nitrogen and oxygen atoms in total. The number of halogens is 2. The fraction of sp³-hybridized carbons (Fsp3) is 0.0769. The van der Waals surface area contributed by atoms with E-state index in [1.807, 2.05) is 0 Å². The van der Waals surface area contributed by atoms with Gasteiger partial charge in [0.15, 0.2) is 0 Å². The molecule has 0 aliphatic heterocycles. The average Bonchev–Trinajstić information content (AvgIpc) is 2.37. The lowest BCUT2D eigenvalue weighted by Gasteiger charge is -2.04. The smallest absolute Gasteiger partial charge is 0.356 e. The quantitative estimate of drug-likeness (QED) is 0.785. The lowest BCUT2D eigenvalue weighted by molar-refractivity contribution is 0.0594. The van der Waals surface area contributed by atoms with Crippen molar-refractivity contribution in [2.45, 2.75) is 0 Å². The molecule has 0 N–H and O–H groups in total. The minimum Gasteiger partial charge on any atom is -0.464 e. The fourth-order valence-electron chi connectivity index (χ4n) is 1.51. The van der Waals surface area contributed by atoms with Crippen molar-refractivity contribution < 1.29 is 9.53 Å². The van der Waals surface area contributed by atoms with Gasteiger partial charge in [-0.1, -0.05) is 29.3 Å². The van der Waals surface area contributed by atoms with E-state index in [0.29, 0.717) is 10.0 Å². The highest BCUT2D eigenvalue weighted by molar-refractivity contribution is 6.35. The Morgan fingerprint density at radius 1 is 1.11 bits per heavy atom. The van der Waals surface area contributed by atoms with Gasteiger partial charge in [-0.2, -0.15) is 0 Å². The maximum atomic E-state index is 11.2. The van der Waals surface area contributed by atoms with Crippen molar-refractivity contribution in [3.8, 4) is 11.1 Å². The monoisotopic (exact) mass is 281 g/mol. The van der Waals surface area contributed by atoms with Crippen LogP contribution in [0.3, 0.4) is 0 Å². The van der Waals surface area contributed by atoms with Crippen LogP contribution in [-0.4, -0.2) is 18.1 Å². The first-order valence-electron chi connectivity index (χ1n) is 5.11. The number of ether oxygens (including phenoxy) is 1. The molecule has 0 amide bonds. The molecule has 0 radical (unpaired) electrons. The first kappa shape index (κ1) is 12.9. The summed E-state index contributed by atoms with van der Waals surface area (Å²) in [4.78, 5) is 15.3. The Morgan fingerprint density at radius 3 is 2.28 bits per heavy atom. The van der Waals surface area contributed by atoms with Crippen LogP contribution in [0.25, 0.3) is 11.1 Å². The van der Waals surface area contributed by atoms with Crippen molar-refractivity contribution in [2.24, 2.45) is 0 Å². The van der Waals surface area contributed by atoms with Crippen LogP contribution < -0.4 is 0 Å². The highest BCUT2D eigenvalue weighted by Crippen LogP contribution is 2.26. The summed E-state index contributed by atoms with van der Waals surface area (Å²) in [6, 6.07) is 8.57. The number of benzene rings is 1. The predicted molar refractivity (Wildman–Crippen MR) is 71.0 cm³/mol. The zero-order valence-corrected chi connectivity index (χ0v) is 11.0. The number of methoxy groups -OCH3 is 1. The molecule has 5 heteroatoms. The van der Waals surface area contributed by atoms with Gasteiger partial charge in [0.2, 0.25) is 0 Å². The number of carbonyl (C=O) groups is 1. The van der Waals surface area contributed by atoms with E-state index in [0.717, 1.165) is 11.1 Å². The third-order valence-electron chi connectivity index (χ3n) is 2.35. The van der Waals surface area contributed by atoms with E-state index in [1.165, 1.54) is 7.11 Å². The van der Waals surface area contributed by atoms with E-state index in [1.54, 1.807) is 36.5 Å². The average molecular weight is 282 g/mol. The minimum absolute atomic E-state index is 0.259. The van der Waals surface area contributed by atoms with Crippen molar-refractivity contribution in [3.05, 3.63) is 52.3 Å². The Hall–Kier alpha value is -1.58. The second kappa shape index (κ2) is 5.38. The molecule has 0 aliphatic rings. The lowest BCUT2D eigenvalue weighted by atomic mass is 10.1. The van der Waals surface area contributed by atoms with Crippen LogP contribution in [0, 0.1) is 0 Å². The summed E-state index contributed by atoms with van der Waals surface area (Å²) in [5.41, 5.74) is 1.93. The summed E-state index contributed by atoms with van der Waals surface area (Å²) in [5, 5.41) is 1.10. The van der Waals surface area contributed by atoms with E-state index < -0.39 is 5.97 Å². The molecule has 2 rings (SSSR count). The number of nitrogens with zero attached hydrogens (tertiary/aromatic N) is 1. The summed E-state index contributed by atoms with van der Waals surface area (Å²) in [7, 11) is 1.31. The van der Waals surface area contributed by atoms with Gasteiger partial charge in [-0.15, -0.1) is 0 Å². The van der Waals surface area contributed by atoms with E-state index in [-0.39, 0.29) is 5.69 Å². The van der Waals surface area contributed by atoms with Crippen LogP contribution in [0.2, 0.25) is 10.0 Å². The third-order valence-corrected chi connectivity index (χ3v) is 2.79. The van der Waals surface area contributed by atoms with Gasteiger partial charge >= 0.3 is 5.97 Å². The maximum Gasteiger partial charge on any atom is 0.356 e. The highest BCUT2D eigenvalue weighted by atomic mass is 35.5. The zero-order chi connectivity index (χ0) is 13.1.